The Morgan fingerprint density at radius 2 is 2.38 bits per heavy atom. The Hall–Kier alpha value is -0.960. The van der Waals surface area contributed by atoms with Crippen LogP contribution in [-0.4, -0.2) is 11.7 Å². The number of aliphatic hydroxyl groups excluding tert-OH is 1. The molecule has 0 amide bonds. The summed E-state index contributed by atoms with van der Waals surface area (Å²) in [7, 11) is 0. The second-order valence-electron chi connectivity index (χ2n) is 1.08. The van der Waals surface area contributed by atoms with Gasteiger partial charge in [-0.1, -0.05) is 11.8 Å². The topological polar surface area (TPSA) is 20.2 Å². The van der Waals surface area contributed by atoms with E-state index < -0.39 is 0 Å². The predicted molar refractivity (Wildman–Crippen MR) is 33.2 cm³/mol. The van der Waals surface area contributed by atoms with Gasteiger partial charge in [0.15, 0.2) is 0 Å². The highest BCUT2D eigenvalue weighted by atomic mass is 16.2. The summed E-state index contributed by atoms with van der Waals surface area (Å²) in [6.07, 6.45) is 3.32. The molecule has 0 saturated carbocycles. The molecule has 0 bridgehead atoms. The molecule has 0 unspecified atom stereocenters. The van der Waals surface area contributed by atoms with Crippen molar-refractivity contribution in [3.8, 4) is 11.8 Å². The lowest BCUT2D eigenvalue weighted by molar-refractivity contribution is 0.350. The van der Waals surface area contributed by atoms with E-state index in [9.17, 15) is 0 Å². The lowest BCUT2D eigenvalue weighted by atomic mass is 10.5. The van der Waals surface area contributed by atoms with Crippen molar-refractivity contribution in [2.24, 2.45) is 0 Å². The molecule has 0 aliphatic carbocycles. The van der Waals surface area contributed by atoms with Crippen LogP contribution in [0.25, 0.3) is 0 Å². The molecule has 0 aromatic rings. The van der Waals surface area contributed by atoms with Crippen molar-refractivity contribution in [2.45, 2.75) is 6.92 Å². The molecule has 42 valence electrons. The van der Waals surface area contributed by atoms with E-state index >= 15 is 0 Å². The molecule has 0 heterocycles. The average molecular weight is 108 g/mol. The van der Waals surface area contributed by atoms with Crippen LogP contribution in [0.4, 0.5) is 0 Å². The lowest BCUT2D eigenvalue weighted by Gasteiger charge is -1.63. The predicted octanol–water partition coefficient (Wildman–Crippen LogP) is 0.713. The Morgan fingerprint density at radius 3 is 2.88 bits per heavy atom. The van der Waals surface area contributed by atoms with Crippen molar-refractivity contribution in [3.63, 3.8) is 0 Å². The maximum Gasteiger partial charge on any atom is 0.104 e. The molecular formula is C7H8O. The SMILES string of the molecule is CC=C=CC#CCO. The van der Waals surface area contributed by atoms with Gasteiger partial charge in [-0.25, -0.2) is 0 Å². The summed E-state index contributed by atoms with van der Waals surface area (Å²) in [4.78, 5) is 0. The average Bonchev–Trinajstić information content (AvgIpc) is 1.81. The van der Waals surface area contributed by atoms with Crippen LogP contribution in [0.1, 0.15) is 6.92 Å². The Bertz CT molecular complexity index is 151. The van der Waals surface area contributed by atoms with E-state index in [1.54, 1.807) is 12.2 Å². The molecule has 0 aromatic heterocycles. The normalized spacial score (nSPS) is 5.75. The summed E-state index contributed by atoms with van der Waals surface area (Å²) >= 11 is 0. The van der Waals surface area contributed by atoms with Crippen molar-refractivity contribution in [1.82, 2.24) is 0 Å². The number of aliphatic hydroxyl groups is 1. The molecule has 0 spiro atoms. The zero-order chi connectivity index (χ0) is 6.24. The molecule has 1 heteroatoms. The summed E-state index contributed by atoms with van der Waals surface area (Å²) in [6.45, 7) is 1.78. The molecule has 0 rings (SSSR count). The summed E-state index contributed by atoms with van der Waals surface area (Å²) in [5.41, 5.74) is 2.75. The molecule has 0 aliphatic rings. The largest absolute Gasteiger partial charge is 0.384 e. The van der Waals surface area contributed by atoms with Gasteiger partial charge in [0.05, 0.1) is 0 Å². The van der Waals surface area contributed by atoms with Crippen molar-refractivity contribution in [1.29, 1.82) is 0 Å². The zero-order valence-electron chi connectivity index (χ0n) is 4.81. The van der Waals surface area contributed by atoms with Crippen LogP contribution in [0.2, 0.25) is 0 Å². The first-order valence-corrected chi connectivity index (χ1v) is 2.36. The van der Waals surface area contributed by atoms with E-state index in [-0.39, 0.29) is 6.61 Å². The molecule has 1 nitrogen and oxygen atoms in total. The smallest absolute Gasteiger partial charge is 0.104 e. The number of allylic oxidation sites excluding steroid dienone is 1. The fourth-order valence-electron chi connectivity index (χ4n) is 0.222. The van der Waals surface area contributed by atoms with E-state index in [2.05, 4.69) is 17.6 Å². The van der Waals surface area contributed by atoms with Gasteiger partial charge in [0.1, 0.15) is 6.61 Å². The number of hydrogen-bond acceptors (Lipinski definition) is 1. The van der Waals surface area contributed by atoms with E-state index in [1.165, 1.54) is 0 Å². The van der Waals surface area contributed by atoms with Crippen LogP contribution >= 0.6 is 0 Å². The van der Waals surface area contributed by atoms with Crippen LogP contribution in [0.15, 0.2) is 17.9 Å². The van der Waals surface area contributed by atoms with Gasteiger partial charge in [0.2, 0.25) is 0 Å². The quantitative estimate of drug-likeness (QED) is 0.358. The van der Waals surface area contributed by atoms with Crippen LogP contribution in [0.5, 0.6) is 0 Å². The number of rotatable bonds is 0. The van der Waals surface area contributed by atoms with Gasteiger partial charge in [0, 0.05) is 6.08 Å². The molecule has 1 N–H and O–H groups in total. The molecule has 0 aliphatic heterocycles. The first kappa shape index (κ1) is 7.04. The van der Waals surface area contributed by atoms with Crippen molar-refractivity contribution < 1.29 is 5.11 Å². The highest BCUT2D eigenvalue weighted by molar-refractivity contribution is 5.14. The zero-order valence-corrected chi connectivity index (χ0v) is 4.81. The Balaban J connectivity index is 3.58. The highest BCUT2D eigenvalue weighted by Gasteiger charge is 1.54. The van der Waals surface area contributed by atoms with Crippen LogP contribution in [0, 0.1) is 11.8 Å². The third-order valence-corrected chi connectivity index (χ3v) is 0.503. The fraction of sp³-hybridized carbons (Fsp3) is 0.286. The molecule has 8 heavy (non-hydrogen) atoms. The number of hydrogen-bond donors (Lipinski definition) is 1. The minimum absolute atomic E-state index is 0.0815. The summed E-state index contributed by atoms with van der Waals surface area (Å²) in [5, 5.41) is 8.13. The maximum absolute atomic E-state index is 8.13. The second-order valence-corrected chi connectivity index (χ2v) is 1.08. The van der Waals surface area contributed by atoms with E-state index in [1.807, 2.05) is 6.92 Å². The van der Waals surface area contributed by atoms with Crippen molar-refractivity contribution in [2.75, 3.05) is 6.61 Å². The standard InChI is InChI=1S/C7H8O/c1-2-3-4-5-6-7-8/h2,4,8H,7H2,1H3. The van der Waals surface area contributed by atoms with Gasteiger partial charge < -0.3 is 5.11 Å². The van der Waals surface area contributed by atoms with Crippen LogP contribution in [-0.2, 0) is 0 Å². The van der Waals surface area contributed by atoms with Crippen molar-refractivity contribution in [3.05, 3.63) is 17.9 Å². The lowest BCUT2D eigenvalue weighted by Crippen LogP contribution is -1.67. The molecule has 0 radical (unpaired) electrons. The van der Waals surface area contributed by atoms with Gasteiger partial charge in [-0.3, -0.25) is 0 Å². The third-order valence-electron chi connectivity index (χ3n) is 0.503. The monoisotopic (exact) mass is 108 g/mol. The highest BCUT2D eigenvalue weighted by Crippen LogP contribution is 1.61. The summed E-state index contributed by atoms with van der Waals surface area (Å²) in [5.74, 6) is 5.02. The minimum atomic E-state index is -0.0815. The van der Waals surface area contributed by atoms with Gasteiger partial charge in [-0.2, -0.15) is 0 Å². The first-order chi connectivity index (χ1) is 3.91. The van der Waals surface area contributed by atoms with Gasteiger partial charge in [-0.15, -0.1) is 5.73 Å². The summed E-state index contributed by atoms with van der Waals surface area (Å²) in [6, 6.07) is 0. The van der Waals surface area contributed by atoms with E-state index in [4.69, 9.17) is 5.11 Å². The summed E-state index contributed by atoms with van der Waals surface area (Å²) < 4.78 is 0. The van der Waals surface area contributed by atoms with Crippen LogP contribution in [0.3, 0.4) is 0 Å². The maximum atomic E-state index is 8.13. The van der Waals surface area contributed by atoms with Gasteiger partial charge >= 0.3 is 0 Å². The molecule has 0 saturated heterocycles. The van der Waals surface area contributed by atoms with Crippen molar-refractivity contribution >= 4 is 0 Å². The van der Waals surface area contributed by atoms with Gasteiger partial charge in [0.25, 0.3) is 0 Å². The molecular weight excluding hydrogens is 100 g/mol. The molecule has 0 fully saturated rings. The van der Waals surface area contributed by atoms with E-state index in [0.29, 0.717) is 0 Å². The van der Waals surface area contributed by atoms with E-state index in [0.717, 1.165) is 0 Å². The Morgan fingerprint density at radius 1 is 1.62 bits per heavy atom. The third kappa shape index (κ3) is 5.04. The second kappa shape index (κ2) is 6.04. The Labute approximate surface area is 49.3 Å². The Kier molecular flexibility index (Phi) is 5.32. The van der Waals surface area contributed by atoms with Crippen LogP contribution < -0.4 is 0 Å². The van der Waals surface area contributed by atoms with Gasteiger partial charge in [-0.05, 0) is 13.0 Å². The molecule has 0 aromatic carbocycles. The molecule has 0 atom stereocenters. The first-order valence-electron chi connectivity index (χ1n) is 2.36. The minimum Gasteiger partial charge on any atom is -0.384 e. The fourth-order valence-corrected chi connectivity index (χ4v) is 0.222.